The zero-order valence-corrected chi connectivity index (χ0v) is 16.9. The van der Waals surface area contributed by atoms with Gasteiger partial charge in [-0.25, -0.2) is 0 Å². The van der Waals surface area contributed by atoms with Gasteiger partial charge in [0, 0.05) is 69.1 Å². The van der Waals surface area contributed by atoms with Gasteiger partial charge in [-0.2, -0.15) is 10.1 Å². The molecule has 8 nitrogen and oxygen atoms in total. The van der Waals surface area contributed by atoms with Crippen molar-refractivity contribution in [2.45, 2.75) is 57.2 Å². The Morgan fingerprint density at radius 1 is 1.17 bits per heavy atom. The van der Waals surface area contributed by atoms with Gasteiger partial charge in [0.05, 0.1) is 6.20 Å². The largest absolute Gasteiger partial charge is 0.349 e. The van der Waals surface area contributed by atoms with Gasteiger partial charge >= 0.3 is 0 Å². The normalized spacial score (nSPS) is 24.4. The van der Waals surface area contributed by atoms with E-state index in [1.165, 1.54) is 12.0 Å². The lowest BCUT2D eigenvalue weighted by atomic mass is 9.95. The van der Waals surface area contributed by atoms with Crippen LogP contribution < -0.4 is 10.9 Å². The van der Waals surface area contributed by atoms with Crippen molar-refractivity contribution in [3.63, 3.8) is 0 Å². The third-order valence-electron chi connectivity index (χ3n) is 6.65. The number of rotatable bonds is 4. The van der Waals surface area contributed by atoms with E-state index in [2.05, 4.69) is 20.3 Å². The number of amides is 1. The van der Waals surface area contributed by atoms with Crippen molar-refractivity contribution in [2.75, 3.05) is 13.1 Å². The van der Waals surface area contributed by atoms with Crippen LogP contribution >= 0.6 is 0 Å². The highest BCUT2D eigenvalue weighted by molar-refractivity contribution is 5.93. The van der Waals surface area contributed by atoms with E-state index in [0.29, 0.717) is 5.92 Å². The highest BCUT2D eigenvalue weighted by atomic mass is 16.2. The maximum atomic E-state index is 12.7. The van der Waals surface area contributed by atoms with Crippen LogP contribution in [0.5, 0.6) is 0 Å². The first kappa shape index (κ1) is 18.5. The molecule has 3 aliphatic rings. The molecule has 2 atom stereocenters. The molecule has 1 amide bonds. The first-order valence-corrected chi connectivity index (χ1v) is 10.7. The van der Waals surface area contributed by atoms with E-state index in [4.69, 9.17) is 0 Å². The summed E-state index contributed by atoms with van der Waals surface area (Å²) in [6.45, 7) is 3.55. The Morgan fingerprint density at radius 3 is 2.76 bits per heavy atom. The Morgan fingerprint density at radius 2 is 2.00 bits per heavy atom. The zero-order chi connectivity index (χ0) is 20.0. The number of likely N-dealkylation sites (tertiary alicyclic amines) is 1. The van der Waals surface area contributed by atoms with Crippen LogP contribution in [0.25, 0.3) is 0 Å². The fourth-order valence-electron chi connectivity index (χ4n) is 5.25. The van der Waals surface area contributed by atoms with Crippen molar-refractivity contribution < 1.29 is 4.79 Å². The van der Waals surface area contributed by atoms with Gasteiger partial charge in [0.25, 0.3) is 11.5 Å². The number of aromatic nitrogens is 4. The molecule has 1 N–H and O–H groups in total. The number of hydrogen-bond acceptors (Lipinski definition) is 5. The second kappa shape index (κ2) is 7.40. The topological polar surface area (TPSA) is 85.0 Å². The van der Waals surface area contributed by atoms with Crippen molar-refractivity contribution in [2.24, 2.45) is 13.0 Å². The highest BCUT2D eigenvalue weighted by Crippen LogP contribution is 2.38. The molecule has 8 heteroatoms. The van der Waals surface area contributed by atoms with Crippen molar-refractivity contribution in [1.29, 1.82) is 0 Å². The van der Waals surface area contributed by atoms with E-state index in [9.17, 15) is 9.59 Å². The number of aryl methyl sites for hydroxylation is 1. The molecule has 2 aliphatic heterocycles. The van der Waals surface area contributed by atoms with Crippen molar-refractivity contribution in [3.8, 4) is 0 Å². The third-order valence-corrected chi connectivity index (χ3v) is 6.65. The Hall–Kier alpha value is -2.48. The molecule has 5 rings (SSSR count). The van der Waals surface area contributed by atoms with Crippen LogP contribution in [0.1, 0.15) is 59.8 Å². The summed E-state index contributed by atoms with van der Waals surface area (Å²) in [6, 6.07) is 0.189. The molecule has 154 valence electrons. The lowest BCUT2D eigenvalue weighted by Gasteiger charge is -2.22. The van der Waals surface area contributed by atoms with Gasteiger partial charge in [0.15, 0.2) is 0 Å². The fraction of sp³-hybridized carbons (Fsp3) is 0.619. The van der Waals surface area contributed by atoms with Crippen molar-refractivity contribution in [3.05, 3.63) is 45.9 Å². The molecule has 2 aromatic heterocycles. The standard InChI is InChI=1S/C21H28N6O2/c1-25-8-14(7-22-25)9-26-10-15-11-27-13-18(21(29)24-19(27)17(15)12-26)20(28)23-16-5-3-2-4-6-16/h7-8,13,15-17H,2-6,9-12H2,1H3,(H,23,28)/t15-,17-/m1/s1. The van der Waals surface area contributed by atoms with E-state index in [1.807, 2.05) is 28.7 Å². The number of carbonyl (C=O) groups is 1. The average molecular weight is 396 g/mol. The Labute approximate surface area is 169 Å². The van der Waals surface area contributed by atoms with Crippen LogP contribution in [-0.2, 0) is 20.1 Å². The van der Waals surface area contributed by atoms with Crippen LogP contribution in [0.2, 0.25) is 0 Å². The summed E-state index contributed by atoms with van der Waals surface area (Å²) < 4.78 is 3.86. The number of nitrogens with one attached hydrogen (secondary N) is 1. The van der Waals surface area contributed by atoms with Crippen molar-refractivity contribution >= 4 is 5.91 Å². The van der Waals surface area contributed by atoms with Gasteiger partial charge in [0.1, 0.15) is 11.4 Å². The SMILES string of the molecule is Cn1cc(CN2C[C@@H]3Cn4cc(C(=O)NC5CCCCC5)c(=O)nc4[C@@H]3C2)cn1. The number of hydrogen-bond donors (Lipinski definition) is 1. The molecule has 1 saturated carbocycles. The summed E-state index contributed by atoms with van der Waals surface area (Å²) in [7, 11) is 1.93. The monoisotopic (exact) mass is 396 g/mol. The van der Waals surface area contributed by atoms with E-state index in [-0.39, 0.29) is 23.4 Å². The molecular formula is C21H28N6O2. The fourth-order valence-corrected chi connectivity index (χ4v) is 5.25. The minimum atomic E-state index is -0.393. The maximum absolute atomic E-state index is 12.7. The van der Waals surface area contributed by atoms with Crippen LogP contribution in [0, 0.1) is 5.92 Å². The first-order chi connectivity index (χ1) is 14.1. The molecule has 2 fully saturated rings. The first-order valence-electron chi connectivity index (χ1n) is 10.7. The van der Waals surface area contributed by atoms with E-state index >= 15 is 0 Å². The third kappa shape index (κ3) is 3.61. The van der Waals surface area contributed by atoms with E-state index in [0.717, 1.165) is 57.7 Å². The lowest BCUT2D eigenvalue weighted by molar-refractivity contribution is 0.0925. The summed E-state index contributed by atoms with van der Waals surface area (Å²) in [5.74, 6) is 1.27. The van der Waals surface area contributed by atoms with Crippen LogP contribution in [0.3, 0.4) is 0 Å². The minimum Gasteiger partial charge on any atom is -0.349 e. The molecule has 4 heterocycles. The zero-order valence-electron chi connectivity index (χ0n) is 16.9. The van der Waals surface area contributed by atoms with Gasteiger partial charge in [-0.3, -0.25) is 19.2 Å². The Bertz CT molecular complexity index is 974. The number of fused-ring (bicyclic) bond motifs is 3. The van der Waals surface area contributed by atoms with Crippen LogP contribution in [0.15, 0.2) is 23.4 Å². The van der Waals surface area contributed by atoms with E-state index < -0.39 is 5.56 Å². The minimum absolute atomic E-state index is 0.187. The Balaban J connectivity index is 1.29. The number of carbonyl (C=O) groups excluding carboxylic acids is 1. The molecule has 0 unspecified atom stereocenters. The van der Waals surface area contributed by atoms with Gasteiger partial charge < -0.3 is 9.88 Å². The number of nitrogens with zero attached hydrogens (tertiary/aromatic N) is 5. The summed E-state index contributed by atoms with van der Waals surface area (Å²) in [4.78, 5) is 32.0. The molecular weight excluding hydrogens is 368 g/mol. The quantitative estimate of drug-likeness (QED) is 0.841. The predicted octanol–water partition coefficient (Wildman–Crippen LogP) is 1.27. The van der Waals surface area contributed by atoms with Crippen LogP contribution in [-0.4, -0.2) is 49.3 Å². The van der Waals surface area contributed by atoms with E-state index in [1.54, 1.807) is 6.20 Å². The van der Waals surface area contributed by atoms with Gasteiger partial charge in [-0.1, -0.05) is 19.3 Å². The highest BCUT2D eigenvalue weighted by Gasteiger charge is 2.41. The summed E-state index contributed by atoms with van der Waals surface area (Å²) >= 11 is 0. The maximum Gasteiger partial charge on any atom is 0.285 e. The molecule has 1 aliphatic carbocycles. The molecule has 0 radical (unpaired) electrons. The molecule has 0 aromatic carbocycles. The molecule has 0 bridgehead atoms. The van der Waals surface area contributed by atoms with Gasteiger partial charge in [-0.05, 0) is 12.8 Å². The summed E-state index contributed by atoms with van der Waals surface area (Å²) in [5.41, 5.74) is 0.995. The molecule has 0 spiro atoms. The lowest BCUT2D eigenvalue weighted by Crippen LogP contribution is -2.39. The second-order valence-corrected chi connectivity index (χ2v) is 8.86. The van der Waals surface area contributed by atoms with Crippen molar-refractivity contribution in [1.82, 2.24) is 29.5 Å². The Kier molecular flexibility index (Phi) is 4.73. The smallest absolute Gasteiger partial charge is 0.285 e. The molecule has 29 heavy (non-hydrogen) atoms. The summed E-state index contributed by atoms with van der Waals surface area (Å²) in [6.07, 6.45) is 11.2. The molecule has 2 aromatic rings. The molecule has 1 saturated heterocycles. The summed E-state index contributed by atoms with van der Waals surface area (Å²) in [5, 5.41) is 7.29. The predicted molar refractivity (Wildman–Crippen MR) is 108 cm³/mol. The van der Waals surface area contributed by atoms with Crippen LogP contribution in [0.4, 0.5) is 0 Å². The second-order valence-electron chi connectivity index (χ2n) is 8.86. The average Bonchev–Trinajstić information content (AvgIpc) is 3.37. The van der Waals surface area contributed by atoms with Gasteiger partial charge in [0.2, 0.25) is 0 Å². The van der Waals surface area contributed by atoms with Gasteiger partial charge in [-0.15, -0.1) is 0 Å².